The molecule has 2 fully saturated rings. The number of esters is 1. The maximum atomic E-state index is 13.6. The number of halogens is 1. The lowest BCUT2D eigenvalue weighted by Crippen LogP contribution is -2.46. The average molecular weight is 546 g/mol. The molecule has 208 valence electrons. The number of carbonyl (C=O) groups excluding carboxylic acids is 2. The fraction of sp³-hybridized carbons (Fsp3) is 0.633. The Bertz CT molecular complexity index is 1050. The molecule has 0 spiro atoms. The normalized spacial score (nSPS) is 35.1. The van der Waals surface area contributed by atoms with Crippen molar-refractivity contribution in [1.82, 2.24) is 4.98 Å². The van der Waals surface area contributed by atoms with Crippen LogP contribution in [0.15, 0.2) is 29.4 Å². The first-order valence-corrected chi connectivity index (χ1v) is 13.8. The summed E-state index contributed by atoms with van der Waals surface area (Å²) in [5, 5.41) is 22.5. The lowest BCUT2D eigenvalue weighted by atomic mass is 9.71. The van der Waals surface area contributed by atoms with E-state index < -0.39 is 47.6 Å². The molecule has 7 atom stereocenters. The largest absolute Gasteiger partial charge is 0.456 e. The SMILES string of the molecule is C#CCCC1C(=O)C(C)(C)C(O)CC(=O)OC(C(Cl)=Cc2ccccn2)CC2OC2(C)CCCC(C)C1O. The van der Waals surface area contributed by atoms with Crippen molar-refractivity contribution in [2.24, 2.45) is 17.3 Å². The lowest BCUT2D eigenvalue weighted by molar-refractivity contribution is -0.154. The Morgan fingerprint density at radius 3 is 2.68 bits per heavy atom. The van der Waals surface area contributed by atoms with Crippen LogP contribution in [0.25, 0.3) is 6.08 Å². The number of ketones is 1. The minimum absolute atomic E-state index is 0.156. The van der Waals surface area contributed by atoms with Crippen molar-refractivity contribution in [3.63, 3.8) is 0 Å². The highest BCUT2D eigenvalue weighted by Gasteiger charge is 2.53. The number of rotatable bonds is 4. The summed E-state index contributed by atoms with van der Waals surface area (Å²) in [6, 6.07) is 5.42. The van der Waals surface area contributed by atoms with E-state index in [1.807, 2.05) is 19.9 Å². The first-order valence-electron chi connectivity index (χ1n) is 13.4. The zero-order valence-corrected chi connectivity index (χ0v) is 23.5. The highest BCUT2D eigenvalue weighted by Crippen LogP contribution is 2.45. The Kier molecular flexibility index (Phi) is 10.2. The van der Waals surface area contributed by atoms with Crippen LogP contribution in [0.2, 0.25) is 0 Å². The van der Waals surface area contributed by atoms with Crippen molar-refractivity contribution in [2.45, 2.75) is 103 Å². The number of cyclic esters (lactones) is 1. The van der Waals surface area contributed by atoms with E-state index in [9.17, 15) is 19.8 Å². The van der Waals surface area contributed by atoms with Crippen LogP contribution in [0.5, 0.6) is 0 Å². The van der Waals surface area contributed by atoms with Crippen LogP contribution >= 0.6 is 11.6 Å². The third-order valence-corrected chi connectivity index (χ3v) is 8.46. The second-order valence-electron chi connectivity index (χ2n) is 11.4. The van der Waals surface area contributed by atoms with Gasteiger partial charge in [0, 0.05) is 25.0 Å². The fourth-order valence-corrected chi connectivity index (χ4v) is 5.46. The summed E-state index contributed by atoms with van der Waals surface area (Å²) >= 11 is 6.63. The van der Waals surface area contributed by atoms with Gasteiger partial charge >= 0.3 is 5.97 Å². The van der Waals surface area contributed by atoms with Gasteiger partial charge in [0.15, 0.2) is 0 Å². The van der Waals surface area contributed by atoms with Gasteiger partial charge in [-0.1, -0.05) is 44.9 Å². The standard InChI is InChI=1S/C30H40ClNO6/c1-6-7-13-21-27(35)19(2)11-10-14-30(5)25(38-30)17-23(22(31)16-20-12-8-9-15-32-20)37-26(34)18-24(33)29(3,4)28(21)36/h1,8-9,12,15-16,19,21,23-25,27,33,35H,7,10-11,13-14,17-18H2,2-5H3. The first kappa shape index (κ1) is 30.3. The van der Waals surface area contributed by atoms with E-state index in [4.69, 9.17) is 27.5 Å². The number of hydrogen-bond donors (Lipinski definition) is 2. The van der Waals surface area contributed by atoms with E-state index >= 15 is 0 Å². The molecule has 8 heteroatoms. The highest BCUT2D eigenvalue weighted by molar-refractivity contribution is 6.32. The first-order chi connectivity index (χ1) is 17.9. The molecule has 0 aromatic carbocycles. The van der Waals surface area contributed by atoms with E-state index in [0.29, 0.717) is 36.4 Å². The molecule has 2 aliphatic rings. The van der Waals surface area contributed by atoms with Crippen molar-refractivity contribution in [3.8, 4) is 12.3 Å². The number of ether oxygens (including phenoxy) is 2. The van der Waals surface area contributed by atoms with Gasteiger partial charge in [-0.05, 0) is 50.3 Å². The number of nitrogens with zero attached hydrogens (tertiary/aromatic N) is 1. The van der Waals surface area contributed by atoms with Gasteiger partial charge in [-0.3, -0.25) is 14.6 Å². The van der Waals surface area contributed by atoms with Gasteiger partial charge in [-0.2, -0.15) is 0 Å². The van der Waals surface area contributed by atoms with E-state index in [1.54, 1.807) is 38.3 Å². The molecule has 2 saturated heterocycles. The van der Waals surface area contributed by atoms with Crippen molar-refractivity contribution < 1.29 is 29.3 Å². The van der Waals surface area contributed by atoms with E-state index in [2.05, 4.69) is 10.9 Å². The van der Waals surface area contributed by atoms with Crippen LogP contribution in [-0.4, -0.2) is 57.0 Å². The van der Waals surface area contributed by atoms with E-state index in [0.717, 1.165) is 12.8 Å². The molecular formula is C30H40ClNO6. The second-order valence-corrected chi connectivity index (χ2v) is 11.9. The Hall–Kier alpha value is -2.24. The average Bonchev–Trinajstić information content (AvgIpc) is 3.51. The van der Waals surface area contributed by atoms with Crippen LogP contribution in [-0.2, 0) is 19.1 Å². The van der Waals surface area contributed by atoms with Gasteiger partial charge in [0.2, 0.25) is 0 Å². The maximum absolute atomic E-state index is 13.6. The lowest BCUT2D eigenvalue weighted by Gasteiger charge is -2.36. The number of carbonyl (C=O) groups is 2. The molecule has 38 heavy (non-hydrogen) atoms. The van der Waals surface area contributed by atoms with Crippen LogP contribution in [0, 0.1) is 29.6 Å². The number of aromatic nitrogens is 1. The number of fused-ring (bicyclic) bond motifs is 1. The number of terminal acetylenes is 1. The summed E-state index contributed by atoms with van der Waals surface area (Å²) < 4.78 is 11.8. The summed E-state index contributed by atoms with van der Waals surface area (Å²) in [7, 11) is 0. The summed E-state index contributed by atoms with van der Waals surface area (Å²) in [6.07, 6.45) is 8.40. The molecule has 3 rings (SSSR count). The third-order valence-electron chi connectivity index (χ3n) is 8.11. The Morgan fingerprint density at radius 2 is 2.03 bits per heavy atom. The van der Waals surface area contributed by atoms with Gasteiger partial charge in [0.1, 0.15) is 11.9 Å². The zero-order chi connectivity index (χ0) is 28.1. The molecular weight excluding hydrogens is 506 g/mol. The molecule has 2 N–H and O–H groups in total. The quantitative estimate of drug-likeness (QED) is 0.321. The molecule has 0 saturated carbocycles. The van der Waals surface area contributed by atoms with Crippen LogP contribution in [0.4, 0.5) is 0 Å². The van der Waals surface area contributed by atoms with Crippen molar-refractivity contribution in [1.29, 1.82) is 0 Å². The molecule has 0 aliphatic carbocycles. The Morgan fingerprint density at radius 1 is 1.29 bits per heavy atom. The molecule has 1 aromatic rings. The van der Waals surface area contributed by atoms with Gasteiger partial charge in [-0.15, -0.1) is 12.3 Å². The summed E-state index contributed by atoms with van der Waals surface area (Å²) in [5.41, 5.74) is -1.08. The molecule has 0 amide bonds. The Labute approximate surface area is 231 Å². The molecule has 0 radical (unpaired) electrons. The molecule has 7 unspecified atom stereocenters. The zero-order valence-electron chi connectivity index (χ0n) is 22.7. The minimum Gasteiger partial charge on any atom is -0.456 e. The second kappa shape index (κ2) is 12.7. The van der Waals surface area contributed by atoms with E-state index in [-0.39, 0.29) is 17.8 Å². The smallest absolute Gasteiger partial charge is 0.309 e. The third kappa shape index (κ3) is 7.45. The molecule has 0 bridgehead atoms. The van der Waals surface area contributed by atoms with Gasteiger partial charge in [-0.25, -0.2) is 0 Å². The fourth-order valence-electron chi connectivity index (χ4n) is 5.22. The number of pyridine rings is 1. The monoisotopic (exact) mass is 545 g/mol. The molecule has 7 nitrogen and oxygen atoms in total. The summed E-state index contributed by atoms with van der Waals surface area (Å²) in [6.45, 7) is 7.12. The highest BCUT2D eigenvalue weighted by atomic mass is 35.5. The number of epoxide rings is 1. The number of aliphatic hydroxyl groups excluding tert-OH is 2. The summed E-state index contributed by atoms with van der Waals surface area (Å²) in [5.74, 6) is 0.641. The number of Topliss-reactive ketones (excluding diaryl/α,β-unsaturated/α-hetero) is 1. The predicted octanol–water partition coefficient (Wildman–Crippen LogP) is 4.68. The van der Waals surface area contributed by atoms with Crippen LogP contribution in [0.3, 0.4) is 0 Å². The minimum atomic E-state index is -1.33. The van der Waals surface area contributed by atoms with Crippen molar-refractivity contribution >= 4 is 29.4 Å². The molecule has 2 aliphatic heterocycles. The van der Waals surface area contributed by atoms with Crippen molar-refractivity contribution in [2.75, 3.05) is 0 Å². The van der Waals surface area contributed by atoms with Crippen molar-refractivity contribution in [3.05, 3.63) is 35.1 Å². The van der Waals surface area contributed by atoms with Crippen LogP contribution < -0.4 is 0 Å². The summed E-state index contributed by atoms with van der Waals surface area (Å²) in [4.78, 5) is 30.9. The maximum Gasteiger partial charge on any atom is 0.309 e. The van der Waals surface area contributed by atoms with Gasteiger partial charge in [0.25, 0.3) is 0 Å². The predicted molar refractivity (Wildman–Crippen MR) is 146 cm³/mol. The molecule has 1 aromatic heterocycles. The van der Waals surface area contributed by atoms with E-state index in [1.165, 1.54) is 0 Å². The topological polar surface area (TPSA) is 109 Å². The number of aliphatic hydroxyl groups is 2. The molecule has 3 heterocycles. The van der Waals surface area contributed by atoms with Gasteiger partial charge in [0.05, 0.1) is 46.5 Å². The van der Waals surface area contributed by atoms with Crippen LogP contribution in [0.1, 0.15) is 78.3 Å². The van der Waals surface area contributed by atoms with Gasteiger partial charge < -0.3 is 19.7 Å². The Balaban J connectivity index is 1.89. The number of hydrogen-bond acceptors (Lipinski definition) is 7.